The Hall–Kier alpha value is -3.04. The second-order valence-corrected chi connectivity index (χ2v) is 10.0. The molecule has 0 fully saturated rings. The second kappa shape index (κ2) is 11.6. The lowest BCUT2D eigenvalue weighted by molar-refractivity contribution is -2.00. The summed E-state index contributed by atoms with van der Waals surface area (Å²) in [6.45, 7) is 0. The maximum Gasteiger partial charge on any atom is 0.239 e. The molecule has 0 aliphatic heterocycles. The van der Waals surface area contributed by atoms with Gasteiger partial charge >= 0.3 is 0 Å². The minimum absolute atomic E-state index is 1.21. The number of hydrogen-bond acceptors (Lipinski definition) is 6. The van der Waals surface area contributed by atoms with Crippen molar-refractivity contribution in [3.05, 3.63) is 91.0 Å². The quantitative estimate of drug-likeness (QED) is 0.382. The van der Waals surface area contributed by atoms with Gasteiger partial charge in [-0.15, -0.1) is 10.2 Å². The van der Waals surface area contributed by atoms with Crippen molar-refractivity contribution >= 4 is 22.7 Å². The molecule has 8 heteroatoms. The van der Waals surface area contributed by atoms with Crippen LogP contribution in [0.2, 0.25) is 0 Å². The van der Waals surface area contributed by atoms with Crippen LogP contribution in [0, 0.1) is 10.2 Å². The van der Waals surface area contributed by atoms with Crippen LogP contribution in [-0.2, 0) is 0 Å². The van der Waals surface area contributed by atoms with Crippen molar-refractivity contribution in [1.29, 1.82) is 0 Å². The van der Waals surface area contributed by atoms with Crippen molar-refractivity contribution in [3.63, 3.8) is 0 Å². The Kier molecular flexibility index (Phi) is 8.80. The number of nitrogens with zero attached hydrogens (tertiary/aromatic N) is 2. The van der Waals surface area contributed by atoms with E-state index in [2.05, 4.69) is 129 Å². The molecule has 0 bridgehead atoms. The highest BCUT2D eigenvalue weighted by Crippen LogP contribution is 2.38. The van der Waals surface area contributed by atoms with E-state index in [1.807, 2.05) is 11.3 Å². The fourth-order valence-electron chi connectivity index (χ4n) is 3.43. The number of halogens is 1. The summed E-state index contributed by atoms with van der Waals surface area (Å²) >= 11 is 1.84. The lowest BCUT2D eigenvalue weighted by atomic mass is 10.0. The molecule has 3 aromatic carbocycles. The molecule has 0 spiro atoms. The van der Waals surface area contributed by atoms with Gasteiger partial charge in [0.1, 0.15) is 0 Å². The zero-order chi connectivity index (χ0) is 25.6. The van der Waals surface area contributed by atoms with Gasteiger partial charge in [0.2, 0.25) is 21.1 Å². The van der Waals surface area contributed by atoms with E-state index in [4.69, 9.17) is 18.6 Å². The molecule has 0 saturated carbocycles. The average molecular weight is 511 g/mol. The van der Waals surface area contributed by atoms with Crippen LogP contribution in [-0.4, -0.2) is 28.2 Å². The predicted octanol–water partition coefficient (Wildman–Crippen LogP) is 2.41. The van der Waals surface area contributed by atoms with Gasteiger partial charge in [-0.2, -0.15) is 0 Å². The molecule has 4 aromatic rings. The van der Waals surface area contributed by atoms with E-state index in [9.17, 15) is 0 Å². The highest BCUT2D eigenvalue weighted by molar-refractivity contribution is 7.18. The Morgan fingerprint density at radius 2 is 0.886 bits per heavy atom. The first-order chi connectivity index (χ1) is 16.5. The second-order valence-electron chi connectivity index (χ2n) is 8.20. The number of benzene rings is 3. The molecular weight excluding hydrogens is 484 g/mol. The van der Waals surface area contributed by atoms with Crippen molar-refractivity contribution in [3.8, 4) is 32.0 Å². The Balaban J connectivity index is 0.000000623. The standard InChI is InChI=1S/C27H27N2S.ClHO4/c1-28(2)24-14-10-20(11-15-24)23-18-26(21-8-6-5-7-9-21)30-27(19-23)22-12-16-25(17-13-22)29(3)4;2-1(3,4)5/h5-19H,1-4H3;(H,2,3,4,5)/q+1;/p-1. The van der Waals surface area contributed by atoms with E-state index < -0.39 is 10.2 Å². The molecule has 0 N–H and O–H groups in total. The first-order valence-corrected chi connectivity index (χ1v) is 12.8. The summed E-state index contributed by atoms with van der Waals surface area (Å²) < 4.78 is 34.0. The Morgan fingerprint density at radius 1 is 0.514 bits per heavy atom. The molecule has 1 heterocycles. The predicted molar refractivity (Wildman–Crippen MR) is 134 cm³/mol. The van der Waals surface area contributed by atoms with Crippen LogP contribution in [0.25, 0.3) is 32.0 Å². The third kappa shape index (κ3) is 8.00. The van der Waals surface area contributed by atoms with Crippen LogP contribution in [0.4, 0.5) is 11.4 Å². The number of anilines is 2. The summed E-state index contributed by atoms with van der Waals surface area (Å²) in [6, 6.07) is 32.8. The number of hydrogen-bond donors (Lipinski definition) is 0. The first kappa shape index (κ1) is 26.6. The highest BCUT2D eigenvalue weighted by atomic mass is 35.7. The third-order valence-corrected chi connectivity index (χ3v) is 6.38. The normalized spacial score (nSPS) is 10.9. The molecule has 1 aromatic heterocycles. The fraction of sp³-hybridized carbons (Fsp3) is 0.148. The smallest absolute Gasteiger partial charge is 0.239 e. The van der Waals surface area contributed by atoms with Crippen molar-refractivity contribution < 1.29 is 28.9 Å². The summed E-state index contributed by atoms with van der Waals surface area (Å²) in [5.41, 5.74) is 7.39. The molecule has 0 unspecified atom stereocenters. The van der Waals surface area contributed by atoms with Crippen LogP contribution >= 0.6 is 11.3 Å². The summed E-state index contributed by atoms with van der Waals surface area (Å²) in [6.07, 6.45) is 0. The Bertz CT molecular complexity index is 1150. The summed E-state index contributed by atoms with van der Waals surface area (Å²) in [4.78, 5) is 6.81. The molecule has 0 aliphatic carbocycles. The van der Waals surface area contributed by atoms with Crippen LogP contribution in [0.15, 0.2) is 91.0 Å². The van der Waals surface area contributed by atoms with Crippen LogP contribution in [0.3, 0.4) is 0 Å². The zero-order valence-corrected chi connectivity index (χ0v) is 21.5. The first-order valence-electron chi connectivity index (χ1n) is 10.7. The van der Waals surface area contributed by atoms with E-state index >= 15 is 0 Å². The minimum Gasteiger partial charge on any atom is -0.378 e. The van der Waals surface area contributed by atoms with Crippen molar-refractivity contribution in [1.82, 2.24) is 0 Å². The molecule has 0 atom stereocenters. The molecule has 6 nitrogen and oxygen atoms in total. The van der Waals surface area contributed by atoms with Gasteiger partial charge < -0.3 is 9.80 Å². The van der Waals surface area contributed by atoms with Gasteiger partial charge in [-0.25, -0.2) is 18.6 Å². The SMILES string of the molecule is CN(C)c1ccc(-c2cc(-c3ccccc3)[s+]c(-c3ccc(N(C)C)cc3)c2)cc1.[O-][Cl+3]([O-])([O-])[O-]. The number of rotatable bonds is 5. The Labute approximate surface area is 212 Å². The molecule has 0 aliphatic rings. The van der Waals surface area contributed by atoms with Crippen molar-refractivity contribution in [2.75, 3.05) is 38.0 Å². The summed E-state index contributed by atoms with van der Waals surface area (Å²) in [5.74, 6) is 0. The van der Waals surface area contributed by atoms with Gasteiger partial charge in [-0.1, -0.05) is 30.3 Å². The van der Waals surface area contributed by atoms with Gasteiger partial charge in [0.25, 0.3) is 0 Å². The molecule has 35 heavy (non-hydrogen) atoms. The molecular formula is C27H27ClN2O4S. The van der Waals surface area contributed by atoms with Crippen molar-refractivity contribution in [2.45, 2.75) is 0 Å². The molecule has 4 rings (SSSR count). The summed E-state index contributed by atoms with van der Waals surface area (Å²) in [5, 5.41) is 0. The van der Waals surface area contributed by atoms with E-state index in [1.165, 1.54) is 43.4 Å². The van der Waals surface area contributed by atoms with Gasteiger partial charge in [0.05, 0.1) is 0 Å². The van der Waals surface area contributed by atoms with Gasteiger partial charge in [-0.3, -0.25) is 0 Å². The Morgan fingerprint density at radius 3 is 1.29 bits per heavy atom. The van der Waals surface area contributed by atoms with E-state index in [0.717, 1.165) is 0 Å². The summed E-state index contributed by atoms with van der Waals surface area (Å²) in [7, 11) is 3.34. The average Bonchev–Trinajstić information content (AvgIpc) is 2.83. The van der Waals surface area contributed by atoms with Gasteiger partial charge in [0, 0.05) is 62.8 Å². The maximum atomic E-state index is 8.49. The lowest BCUT2D eigenvalue weighted by Gasteiger charge is -2.17. The minimum atomic E-state index is -4.94. The molecule has 182 valence electrons. The van der Waals surface area contributed by atoms with Crippen LogP contribution in [0.1, 0.15) is 0 Å². The highest BCUT2D eigenvalue weighted by Gasteiger charge is 2.19. The topological polar surface area (TPSA) is 98.7 Å². The monoisotopic (exact) mass is 510 g/mol. The molecule has 0 saturated heterocycles. The molecule has 0 radical (unpaired) electrons. The largest absolute Gasteiger partial charge is 0.378 e. The van der Waals surface area contributed by atoms with Gasteiger partial charge in [-0.05, 0) is 59.7 Å². The van der Waals surface area contributed by atoms with Crippen molar-refractivity contribution in [2.24, 2.45) is 0 Å². The van der Waals surface area contributed by atoms with E-state index in [0.29, 0.717) is 0 Å². The van der Waals surface area contributed by atoms with Crippen LogP contribution in [0.5, 0.6) is 0 Å². The van der Waals surface area contributed by atoms with Gasteiger partial charge in [0.15, 0.2) is 0 Å². The fourth-order valence-corrected chi connectivity index (χ4v) is 4.55. The zero-order valence-electron chi connectivity index (χ0n) is 20.0. The third-order valence-electron chi connectivity index (χ3n) is 5.24. The van der Waals surface area contributed by atoms with E-state index in [1.54, 1.807) is 0 Å². The maximum absolute atomic E-state index is 8.49. The van der Waals surface area contributed by atoms with E-state index in [-0.39, 0.29) is 0 Å². The molecule has 0 amide bonds. The lowest BCUT2D eigenvalue weighted by Crippen LogP contribution is -2.68. The van der Waals surface area contributed by atoms with Crippen LogP contribution < -0.4 is 28.4 Å².